The molecule has 0 unspecified atom stereocenters. The van der Waals surface area contributed by atoms with Crippen LogP contribution in [-0.4, -0.2) is 51.9 Å². The van der Waals surface area contributed by atoms with Crippen molar-refractivity contribution in [3.05, 3.63) is 48.3 Å². The Kier molecular flexibility index (Phi) is 6.71. The molecule has 1 N–H and O–H groups in total. The summed E-state index contributed by atoms with van der Waals surface area (Å²) in [6, 6.07) is 9.35. The molecule has 1 aromatic carbocycles. The number of rotatable bonds is 8. The van der Waals surface area contributed by atoms with Crippen molar-refractivity contribution in [2.24, 2.45) is 0 Å². The van der Waals surface area contributed by atoms with Crippen LogP contribution in [0.3, 0.4) is 0 Å². The van der Waals surface area contributed by atoms with Crippen molar-refractivity contribution in [1.82, 2.24) is 20.0 Å². The molecule has 138 valence electrons. The number of hydrogen-bond donors (Lipinski definition) is 1. The number of thioether (sulfide) groups is 1. The summed E-state index contributed by atoms with van der Waals surface area (Å²) in [6.07, 6.45) is 6.65. The van der Waals surface area contributed by atoms with E-state index in [0.717, 1.165) is 43.8 Å². The molecule has 0 radical (unpaired) electrons. The van der Waals surface area contributed by atoms with Crippen molar-refractivity contribution in [1.29, 1.82) is 0 Å². The Morgan fingerprint density at radius 1 is 1.15 bits per heavy atom. The smallest absolute Gasteiger partial charge is 0.252 e. The molecular formula is C19H24N4O2S. The van der Waals surface area contributed by atoms with Crippen molar-refractivity contribution in [2.75, 3.05) is 25.4 Å². The standard InChI is InChI=1S/C19H24N4O2S/c24-18(22-11-3-4-12-22)15-26-17-8-2-1-7-16(17)19(25)20-9-5-13-23-14-6-10-21-23/h1-2,6-8,10,14H,3-5,9,11-13,15H2,(H,20,25). The topological polar surface area (TPSA) is 67.2 Å². The molecule has 1 aliphatic heterocycles. The van der Waals surface area contributed by atoms with Gasteiger partial charge in [0.1, 0.15) is 0 Å². The second-order valence-corrected chi connectivity index (χ2v) is 7.27. The minimum atomic E-state index is -0.0952. The van der Waals surface area contributed by atoms with E-state index >= 15 is 0 Å². The molecule has 2 aromatic rings. The number of hydrogen-bond acceptors (Lipinski definition) is 4. The maximum Gasteiger partial charge on any atom is 0.252 e. The highest BCUT2D eigenvalue weighted by Gasteiger charge is 2.19. The number of aryl methyl sites for hydroxylation is 1. The van der Waals surface area contributed by atoms with E-state index in [1.165, 1.54) is 11.8 Å². The van der Waals surface area contributed by atoms with E-state index in [0.29, 0.717) is 17.9 Å². The van der Waals surface area contributed by atoms with Gasteiger partial charge in [-0.3, -0.25) is 14.3 Å². The number of amides is 2. The minimum Gasteiger partial charge on any atom is -0.352 e. The summed E-state index contributed by atoms with van der Waals surface area (Å²) in [5.74, 6) is 0.438. The van der Waals surface area contributed by atoms with Crippen molar-refractivity contribution < 1.29 is 9.59 Å². The summed E-state index contributed by atoms with van der Waals surface area (Å²) in [5.41, 5.74) is 0.630. The van der Waals surface area contributed by atoms with Crippen LogP contribution in [0.4, 0.5) is 0 Å². The van der Waals surface area contributed by atoms with Crippen LogP contribution in [0.2, 0.25) is 0 Å². The van der Waals surface area contributed by atoms with Gasteiger partial charge >= 0.3 is 0 Å². The molecule has 1 saturated heterocycles. The van der Waals surface area contributed by atoms with Crippen LogP contribution in [0.25, 0.3) is 0 Å². The van der Waals surface area contributed by atoms with E-state index in [4.69, 9.17) is 0 Å². The minimum absolute atomic E-state index is 0.0952. The van der Waals surface area contributed by atoms with E-state index in [1.807, 2.05) is 46.1 Å². The van der Waals surface area contributed by atoms with Crippen LogP contribution < -0.4 is 5.32 Å². The summed E-state index contributed by atoms with van der Waals surface area (Å²) in [6.45, 7) is 3.08. The average molecular weight is 372 g/mol. The molecular weight excluding hydrogens is 348 g/mol. The Morgan fingerprint density at radius 2 is 1.96 bits per heavy atom. The molecule has 0 aliphatic carbocycles. The number of nitrogens with one attached hydrogen (secondary N) is 1. The monoisotopic (exact) mass is 372 g/mol. The molecule has 0 spiro atoms. The van der Waals surface area contributed by atoms with Crippen LogP contribution in [0.15, 0.2) is 47.6 Å². The number of benzene rings is 1. The maximum atomic E-state index is 12.5. The zero-order chi connectivity index (χ0) is 18.2. The molecule has 2 amide bonds. The third kappa shape index (κ3) is 5.11. The lowest BCUT2D eigenvalue weighted by Gasteiger charge is -2.15. The van der Waals surface area contributed by atoms with E-state index in [1.54, 1.807) is 6.20 Å². The molecule has 0 atom stereocenters. The molecule has 3 rings (SSSR count). The van der Waals surface area contributed by atoms with Crippen molar-refractivity contribution in [3.8, 4) is 0 Å². The van der Waals surface area contributed by atoms with Gasteiger partial charge in [-0.05, 0) is 37.5 Å². The Morgan fingerprint density at radius 3 is 2.73 bits per heavy atom. The highest BCUT2D eigenvalue weighted by Crippen LogP contribution is 2.23. The van der Waals surface area contributed by atoms with Gasteiger partial charge in [-0.1, -0.05) is 12.1 Å². The first-order valence-corrected chi connectivity index (χ1v) is 9.98. The molecule has 1 aliphatic rings. The quantitative estimate of drug-likeness (QED) is 0.571. The first kappa shape index (κ1) is 18.5. The lowest BCUT2D eigenvalue weighted by atomic mass is 10.2. The van der Waals surface area contributed by atoms with E-state index < -0.39 is 0 Å². The predicted octanol–water partition coefficient (Wildman–Crippen LogP) is 2.42. The molecule has 6 nitrogen and oxygen atoms in total. The molecule has 0 saturated carbocycles. The van der Waals surface area contributed by atoms with Crippen LogP contribution in [0.5, 0.6) is 0 Å². The zero-order valence-electron chi connectivity index (χ0n) is 14.8. The number of carbonyl (C=O) groups is 2. The van der Waals surface area contributed by atoms with Crippen LogP contribution >= 0.6 is 11.8 Å². The van der Waals surface area contributed by atoms with Gasteiger partial charge in [-0.15, -0.1) is 11.8 Å². The highest BCUT2D eigenvalue weighted by molar-refractivity contribution is 8.00. The summed E-state index contributed by atoms with van der Waals surface area (Å²) < 4.78 is 1.85. The number of aromatic nitrogens is 2. The third-order valence-corrected chi connectivity index (χ3v) is 5.41. The zero-order valence-corrected chi connectivity index (χ0v) is 15.6. The summed E-state index contributed by atoms with van der Waals surface area (Å²) in [4.78, 5) is 27.5. The predicted molar refractivity (Wildman–Crippen MR) is 102 cm³/mol. The summed E-state index contributed by atoms with van der Waals surface area (Å²) in [5, 5.41) is 7.10. The fourth-order valence-electron chi connectivity index (χ4n) is 2.95. The molecule has 1 fully saturated rings. The first-order chi connectivity index (χ1) is 12.7. The van der Waals surface area contributed by atoms with Crippen LogP contribution in [0.1, 0.15) is 29.6 Å². The van der Waals surface area contributed by atoms with E-state index in [9.17, 15) is 9.59 Å². The SMILES string of the molecule is O=C(NCCCn1cccn1)c1ccccc1SCC(=O)N1CCCC1. The Hall–Kier alpha value is -2.28. The molecule has 7 heteroatoms. The van der Waals surface area contributed by atoms with E-state index in [2.05, 4.69) is 10.4 Å². The Balaban J connectivity index is 1.48. The van der Waals surface area contributed by atoms with Crippen molar-refractivity contribution >= 4 is 23.6 Å². The van der Waals surface area contributed by atoms with Gasteiger partial charge in [0.25, 0.3) is 5.91 Å². The van der Waals surface area contributed by atoms with Gasteiger partial charge in [0, 0.05) is 43.5 Å². The lowest BCUT2D eigenvalue weighted by Crippen LogP contribution is -2.29. The lowest BCUT2D eigenvalue weighted by molar-refractivity contribution is -0.127. The molecule has 26 heavy (non-hydrogen) atoms. The summed E-state index contributed by atoms with van der Waals surface area (Å²) >= 11 is 1.44. The third-order valence-electron chi connectivity index (χ3n) is 4.35. The van der Waals surface area contributed by atoms with Gasteiger partial charge in [-0.2, -0.15) is 5.10 Å². The fourth-order valence-corrected chi connectivity index (χ4v) is 3.90. The van der Waals surface area contributed by atoms with Crippen LogP contribution in [-0.2, 0) is 11.3 Å². The molecule has 2 heterocycles. The second kappa shape index (κ2) is 9.43. The number of carbonyl (C=O) groups excluding carboxylic acids is 2. The van der Waals surface area contributed by atoms with Gasteiger partial charge in [0.2, 0.25) is 5.91 Å². The largest absolute Gasteiger partial charge is 0.352 e. The van der Waals surface area contributed by atoms with Gasteiger partial charge in [-0.25, -0.2) is 0 Å². The van der Waals surface area contributed by atoms with Crippen molar-refractivity contribution in [2.45, 2.75) is 30.7 Å². The number of likely N-dealkylation sites (tertiary alicyclic amines) is 1. The van der Waals surface area contributed by atoms with E-state index in [-0.39, 0.29) is 11.8 Å². The highest BCUT2D eigenvalue weighted by atomic mass is 32.2. The van der Waals surface area contributed by atoms with Gasteiger partial charge in [0.15, 0.2) is 0 Å². The Bertz CT molecular complexity index is 727. The molecule has 1 aromatic heterocycles. The second-order valence-electron chi connectivity index (χ2n) is 6.25. The van der Waals surface area contributed by atoms with Gasteiger partial charge in [0.05, 0.1) is 11.3 Å². The normalized spacial score (nSPS) is 13.8. The maximum absolute atomic E-state index is 12.5. The first-order valence-electron chi connectivity index (χ1n) is 8.99. The van der Waals surface area contributed by atoms with Crippen molar-refractivity contribution in [3.63, 3.8) is 0 Å². The Labute approximate surface area is 157 Å². The number of nitrogens with zero attached hydrogens (tertiary/aromatic N) is 3. The summed E-state index contributed by atoms with van der Waals surface area (Å²) in [7, 11) is 0. The molecule has 0 bridgehead atoms. The average Bonchev–Trinajstić information content (AvgIpc) is 3.37. The van der Waals surface area contributed by atoms with Gasteiger partial charge < -0.3 is 10.2 Å². The van der Waals surface area contributed by atoms with Crippen LogP contribution in [0, 0.1) is 0 Å². The fraction of sp³-hybridized carbons (Fsp3) is 0.421.